The van der Waals surface area contributed by atoms with Gasteiger partial charge in [-0.15, -0.1) is 0 Å². The van der Waals surface area contributed by atoms with Gasteiger partial charge in [0.1, 0.15) is 5.82 Å². The van der Waals surface area contributed by atoms with Crippen molar-refractivity contribution in [1.29, 1.82) is 0 Å². The van der Waals surface area contributed by atoms with E-state index >= 15 is 0 Å². The van der Waals surface area contributed by atoms with Gasteiger partial charge in [-0.2, -0.15) is 0 Å². The van der Waals surface area contributed by atoms with Crippen molar-refractivity contribution in [1.82, 2.24) is 14.8 Å². The summed E-state index contributed by atoms with van der Waals surface area (Å²) < 4.78 is 0. The first-order valence-corrected chi connectivity index (χ1v) is 9.96. The smallest absolute Gasteiger partial charge is 0.257 e. The van der Waals surface area contributed by atoms with Crippen LogP contribution < -0.4 is 4.90 Å². The lowest BCUT2D eigenvalue weighted by Crippen LogP contribution is -2.46. The number of carbonyl (C=O) groups is 1. The molecule has 0 aromatic carbocycles. The molecule has 3 heterocycles. The third-order valence-electron chi connectivity index (χ3n) is 6.50. The number of pyridine rings is 1. The first-order valence-electron chi connectivity index (χ1n) is 9.96. The van der Waals surface area contributed by atoms with Gasteiger partial charge in [0.05, 0.1) is 5.56 Å². The molecule has 5 nitrogen and oxygen atoms in total. The Hall–Kier alpha value is -1.62. The van der Waals surface area contributed by atoms with Gasteiger partial charge in [-0.3, -0.25) is 4.79 Å². The van der Waals surface area contributed by atoms with Crippen molar-refractivity contribution >= 4 is 11.7 Å². The number of likely N-dealkylation sites (N-methyl/N-ethyl adjacent to an activating group) is 1. The fourth-order valence-corrected chi connectivity index (χ4v) is 5.69. The largest absolute Gasteiger partial charge is 0.353 e. The van der Waals surface area contributed by atoms with Gasteiger partial charge in [-0.1, -0.05) is 20.8 Å². The van der Waals surface area contributed by atoms with Crippen LogP contribution in [-0.2, 0) is 0 Å². The summed E-state index contributed by atoms with van der Waals surface area (Å²) >= 11 is 0. The Morgan fingerprint density at radius 1 is 1.15 bits per heavy atom. The highest BCUT2D eigenvalue weighted by atomic mass is 16.2. The molecule has 0 spiro atoms. The summed E-state index contributed by atoms with van der Waals surface area (Å²) in [6.45, 7) is 11.8. The molecule has 3 aliphatic rings. The summed E-state index contributed by atoms with van der Waals surface area (Å²) in [4.78, 5) is 24.9. The second kappa shape index (κ2) is 6.22. The molecule has 1 aromatic rings. The third-order valence-corrected chi connectivity index (χ3v) is 6.50. The molecule has 2 unspecified atom stereocenters. The molecule has 2 atom stereocenters. The van der Waals surface area contributed by atoms with Crippen molar-refractivity contribution in [3.8, 4) is 0 Å². The molecule has 4 rings (SSSR count). The molecule has 2 aliphatic heterocycles. The zero-order chi connectivity index (χ0) is 18.5. The average molecular weight is 357 g/mol. The predicted octanol–water partition coefficient (Wildman–Crippen LogP) is 2.87. The Morgan fingerprint density at radius 2 is 1.88 bits per heavy atom. The summed E-state index contributed by atoms with van der Waals surface area (Å²) in [5.74, 6) is 1.05. The van der Waals surface area contributed by atoms with Crippen LogP contribution in [0.5, 0.6) is 0 Å². The molecule has 0 N–H and O–H groups in total. The number of carbonyl (C=O) groups excluding carboxylic acids is 1. The molecule has 1 aliphatic carbocycles. The van der Waals surface area contributed by atoms with E-state index in [1.54, 1.807) is 0 Å². The van der Waals surface area contributed by atoms with E-state index < -0.39 is 0 Å². The maximum Gasteiger partial charge on any atom is 0.257 e. The molecular weight excluding hydrogens is 324 g/mol. The van der Waals surface area contributed by atoms with Crippen molar-refractivity contribution in [2.24, 2.45) is 10.8 Å². The summed E-state index contributed by atoms with van der Waals surface area (Å²) in [7, 11) is 2.15. The lowest BCUT2D eigenvalue weighted by atomic mass is 9.65. The van der Waals surface area contributed by atoms with E-state index in [0.717, 1.165) is 56.9 Å². The number of likely N-dealkylation sites (tertiary alicyclic amines) is 1. The molecule has 26 heavy (non-hydrogen) atoms. The second-order valence-corrected chi connectivity index (χ2v) is 9.81. The predicted molar refractivity (Wildman–Crippen MR) is 105 cm³/mol. The highest BCUT2D eigenvalue weighted by molar-refractivity contribution is 5.99. The number of fused-ring (bicyclic) bond motifs is 2. The van der Waals surface area contributed by atoms with Crippen LogP contribution in [0.15, 0.2) is 18.3 Å². The van der Waals surface area contributed by atoms with Gasteiger partial charge in [0.15, 0.2) is 0 Å². The number of aromatic nitrogens is 1. The average Bonchev–Trinajstić information content (AvgIpc) is 2.84. The lowest BCUT2D eigenvalue weighted by Gasteiger charge is -2.39. The maximum absolute atomic E-state index is 13.5. The Labute approximate surface area is 157 Å². The first-order chi connectivity index (χ1) is 12.3. The summed E-state index contributed by atoms with van der Waals surface area (Å²) in [5, 5.41) is 0. The fraction of sp³-hybridized carbons (Fsp3) is 0.714. The minimum absolute atomic E-state index is 0.179. The standard InChI is InChI=1S/C21H32N4O/c1-20(2)12-16-13-21(3,14-20)15-25(16)19(26)17-6-5-7-22-18(17)24-10-8-23(4)9-11-24/h5-7,16H,8-15H2,1-4H3. The minimum Gasteiger partial charge on any atom is -0.353 e. The topological polar surface area (TPSA) is 39.7 Å². The number of anilines is 1. The van der Waals surface area contributed by atoms with E-state index in [9.17, 15) is 4.79 Å². The van der Waals surface area contributed by atoms with Crippen molar-refractivity contribution < 1.29 is 4.79 Å². The van der Waals surface area contributed by atoms with E-state index in [1.807, 2.05) is 18.3 Å². The molecule has 142 valence electrons. The van der Waals surface area contributed by atoms with Crippen LogP contribution in [0, 0.1) is 10.8 Å². The van der Waals surface area contributed by atoms with E-state index in [-0.39, 0.29) is 11.3 Å². The van der Waals surface area contributed by atoms with Gasteiger partial charge >= 0.3 is 0 Å². The zero-order valence-corrected chi connectivity index (χ0v) is 16.7. The van der Waals surface area contributed by atoms with E-state index in [4.69, 9.17) is 0 Å². The molecule has 3 fully saturated rings. The van der Waals surface area contributed by atoms with Gasteiger partial charge in [0, 0.05) is 45.0 Å². The Bertz CT molecular complexity index is 695. The van der Waals surface area contributed by atoms with Crippen molar-refractivity contribution in [2.45, 2.75) is 46.1 Å². The molecule has 0 radical (unpaired) electrons. The normalized spacial score (nSPS) is 31.3. The number of hydrogen-bond donors (Lipinski definition) is 0. The van der Waals surface area contributed by atoms with Crippen LogP contribution in [-0.4, -0.2) is 66.5 Å². The summed E-state index contributed by atoms with van der Waals surface area (Å²) in [6, 6.07) is 4.25. The van der Waals surface area contributed by atoms with Gasteiger partial charge in [-0.25, -0.2) is 4.98 Å². The van der Waals surface area contributed by atoms with Gasteiger partial charge < -0.3 is 14.7 Å². The molecule has 2 saturated heterocycles. The molecular formula is C21H32N4O. The second-order valence-electron chi connectivity index (χ2n) is 9.81. The first kappa shape index (κ1) is 17.8. The van der Waals surface area contributed by atoms with Gasteiger partial charge in [0.25, 0.3) is 5.91 Å². The van der Waals surface area contributed by atoms with Crippen LogP contribution in [0.25, 0.3) is 0 Å². The van der Waals surface area contributed by atoms with Crippen molar-refractivity contribution in [2.75, 3.05) is 44.7 Å². The molecule has 1 amide bonds. The number of piperazine rings is 1. The Morgan fingerprint density at radius 3 is 2.62 bits per heavy atom. The molecule has 5 heteroatoms. The highest BCUT2D eigenvalue weighted by Gasteiger charge is 2.51. The Kier molecular flexibility index (Phi) is 4.25. The number of hydrogen-bond acceptors (Lipinski definition) is 4. The number of rotatable bonds is 2. The van der Waals surface area contributed by atoms with Crippen LogP contribution in [0.2, 0.25) is 0 Å². The zero-order valence-electron chi connectivity index (χ0n) is 16.7. The van der Waals surface area contributed by atoms with E-state index in [2.05, 4.69) is 47.5 Å². The van der Waals surface area contributed by atoms with Crippen LogP contribution in [0.1, 0.15) is 50.4 Å². The SMILES string of the molecule is CN1CCN(c2ncccc2C(=O)N2CC3(C)CC2CC(C)(C)C3)CC1. The van der Waals surface area contributed by atoms with Crippen LogP contribution >= 0.6 is 0 Å². The van der Waals surface area contributed by atoms with E-state index in [1.165, 1.54) is 6.42 Å². The summed E-state index contributed by atoms with van der Waals surface area (Å²) in [5.41, 5.74) is 1.37. The molecule has 1 aromatic heterocycles. The Balaban J connectivity index is 1.60. The number of amides is 1. The van der Waals surface area contributed by atoms with E-state index in [0.29, 0.717) is 11.5 Å². The van der Waals surface area contributed by atoms with Crippen LogP contribution in [0.3, 0.4) is 0 Å². The van der Waals surface area contributed by atoms with Gasteiger partial charge in [-0.05, 0) is 49.3 Å². The third kappa shape index (κ3) is 3.22. The van der Waals surface area contributed by atoms with Crippen LogP contribution in [0.4, 0.5) is 5.82 Å². The number of nitrogens with zero attached hydrogens (tertiary/aromatic N) is 4. The highest BCUT2D eigenvalue weighted by Crippen LogP contribution is 2.52. The molecule has 2 bridgehead atoms. The van der Waals surface area contributed by atoms with Gasteiger partial charge in [0.2, 0.25) is 0 Å². The maximum atomic E-state index is 13.5. The summed E-state index contributed by atoms with van der Waals surface area (Å²) in [6.07, 6.45) is 5.28. The molecule has 1 saturated carbocycles. The van der Waals surface area contributed by atoms with Crippen molar-refractivity contribution in [3.05, 3.63) is 23.9 Å². The minimum atomic E-state index is 0.179. The van der Waals surface area contributed by atoms with Crippen molar-refractivity contribution in [3.63, 3.8) is 0 Å². The fourth-order valence-electron chi connectivity index (χ4n) is 5.69. The quantitative estimate of drug-likeness (QED) is 0.817. The monoisotopic (exact) mass is 356 g/mol. The lowest BCUT2D eigenvalue weighted by molar-refractivity contribution is 0.0708.